The van der Waals surface area contributed by atoms with Crippen LogP contribution in [0.25, 0.3) is 0 Å². The summed E-state index contributed by atoms with van der Waals surface area (Å²) in [6.45, 7) is 3.18. The van der Waals surface area contributed by atoms with Crippen molar-refractivity contribution in [3.8, 4) is 0 Å². The molecule has 0 aliphatic carbocycles. The molecule has 0 unspecified atom stereocenters. The van der Waals surface area contributed by atoms with Gasteiger partial charge in [0.1, 0.15) is 11.9 Å². The van der Waals surface area contributed by atoms with Gasteiger partial charge in [-0.05, 0) is 49.7 Å². The molecule has 2 aromatic carbocycles. The smallest absolute Gasteiger partial charge is 0.244 e. The molecule has 0 heterocycles. The summed E-state index contributed by atoms with van der Waals surface area (Å²) in [6, 6.07) is 8.49. The highest BCUT2D eigenvalue weighted by Gasteiger charge is 2.30. The zero-order valence-corrected chi connectivity index (χ0v) is 17.2. The van der Waals surface area contributed by atoms with Crippen LogP contribution in [0.4, 0.5) is 10.1 Å². The minimum atomic E-state index is -3.80. The van der Waals surface area contributed by atoms with Crippen LogP contribution in [0.1, 0.15) is 25.5 Å². The van der Waals surface area contributed by atoms with E-state index in [0.29, 0.717) is 5.56 Å². The fourth-order valence-electron chi connectivity index (χ4n) is 2.64. The summed E-state index contributed by atoms with van der Waals surface area (Å²) in [6.07, 6.45) is 0.995. The van der Waals surface area contributed by atoms with Crippen molar-refractivity contribution < 1.29 is 17.6 Å². The molecule has 0 spiro atoms. The highest BCUT2D eigenvalue weighted by atomic mass is 35.5. The molecule has 0 saturated heterocycles. The molecule has 0 fully saturated rings. The van der Waals surface area contributed by atoms with Crippen molar-refractivity contribution in [1.82, 2.24) is 5.32 Å². The van der Waals surface area contributed by atoms with E-state index in [1.54, 1.807) is 19.1 Å². The van der Waals surface area contributed by atoms with Crippen LogP contribution in [0.2, 0.25) is 10.0 Å². The monoisotopic (exact) mass is 432 g/mol. The van der Waals surface area contributed by atoms with E-state index in [0.717, 1.165) is 10.6 Å². The van der Waals surface area contributed by atoms with Crippen molar-refractivity contribution in [3.63, 3.8) is 0 Å². The lowest BCUT2D eigenvalue weighted by atomic mass is 10.1. The summed E-state index contributed by atoms with van der Waals surface area (Å²) in [5, 5.41) is 3.23. The van der Waals surface area contributed by atoms with E-state index < -0.39 is 28.0 Å². The van der Waals surface area contributed by atoms with Gasteiger partial charge >= 0.3 is 0 Å². The quantitative estimate of drug-likeness (QED) is 0.744. The van der Waals surface area contributed by atoms with E-state index in [2.05, 4.69) is 5.32 Å². The molecule has 0 aliphatic rings. The first-order valence-corrected chi connectivity index (χ1v) is 10.6. The van der Waals surface area contributed by atoms with Gasteiger partial charge in [0.25, 0.3) is 0 Å². The molecule has 0 saturated carbocycles. The lowest BCUT2D eigenvalue weighted by Crippen LogP contribution is -2.48. The topological polar surface area (TPSA) is 66.5 Å². The second-order valence-corrected chi connectivity index (χ2v) is 8.88. The Labute approximate surface area is 168 Å². The van der Waals surface area contributed by atoms with E-state index in [9.17, 15) is 17.6 Å². The van der Waals surface area contributed by atoms with Crippen LogP contribution >= 0.6 is 23.2 Å². The third kappa shape index (κ3) is 5.57. The van der Waals surface area contributed by atoms with Crippen LogP contribution in [0.5, 0.6) is 0 Å². The maximum absolute atomic E-state index is 13.0. The first-order chi connectivity index (χ1) is 12.5. The number of hydrogen-bond acceptors (Lipinski definition) is 3. The molecular formula is C18H19Cl2FN2O3S. The first-order valence-electron chi connectivity index (χ1n) is 8.00. The molecule has 9 heteroatoms. The number of halogens is 3. The van der Waals surface area contributed by atoms with Crippen molar-refractivity contribution in [1.29, 1.82) is 0 Å². The highest BCUT2D eigenvalue weighted by molar-refractivity contribution is 7.92. The van der Waals surface area contributed by atoms with Crippen LogP contribution in [-0.4, -0.2) is 26.6 Å². The summed E-state index contributed by atoms with van der Waals surface area (Å²) in [7, 11) is -3.80. The van der Waals surface area contributed by atoms with Gasteiger partial charge in [-0.1, -0.05) is 35.3 Å². The van der Waals surface area contributed by atoms with E-state index in [-0.39, 0.29) is 21.5 Å². The van der Waals surface area contributed by atoms with Gasteiger partial charge < -0.3 is 5.32 Å². The Morgan fingerprint density at radius 3 is 2.07 bits per heavy atom. The molecule has 2 aromatic rings. The SMILES string of the molecule is C[C@H](C(=O)N[C@H](C)c1ccc(F)cc1)N(c1cc(Cl)cc(Cl)c1)S(C)(=O)=O. The standard InChI is InChI=1S/C18H19Cl2FN2O3S/c1-11(13-4-6-16(21)7-5-13)22-18(24)12(2)23(27(3,25)26)17-9-14(19)8-15(20)10-17/h4-12H,1-3H3,(H,22,24)/t11-,12-/m1/s1. The Morgan fingerprint density at radius 1 is 1.07 bits per heavy atom. The number of benzene rings is 2. The fraction of sp³-hybridized carbons (Fsp3) is 0.278. The minimum Gasteiger partial charge on any atom is -0.348 e. The normalized spacial score (nSPS) is 13.7. The molecule has 5 nitrogen and oxygen atoms in total. The van der Waals surface area contributed by atoms with Gasteiger partial charge in [-0.3, -0.25) is 9.10 Å². The zero-order chi connectivity index (χ0) is 20.4. The predicted molar refractivity (Wildman–Crippen MR) is 106 cm³/mol. The van der Waals surface area contributed by atoms with Crippen LogP contribution in [0.3, 0.4) is 0 Å². The number of sulfonamides is 1. The lowest BCUT2D eigenvalue weighted by Gasteiger charge is -2.29. The van der Waals surface area contributed by atoms with Crippen LogP contribution < -0.4 is 9.62 Å². The Hall–Kier alpha value is -1.83. The van der Waals surface area contributed by atoms with Gasteiger partial charge in [0.15, 0.2) is 0 Å². The van der Waals surface area contributed by atoms with Gasteiger partial charge in [0, 0.05) is 10.0 Å². The molecule has 1 N–H and O–H groups in total. The molecule has 2 atom stereocenters. The van der Waals surface area contributed by atoms with Crippen molar-refractivity contribution in [2.75, 3.05) is 10.6 Å². The Bertz CT molecular complexity index is 916. The third-order valence-corrected chi connectivity index (χ3v) is 5.60. The molecule has 1 amide bonds. The average Bonchev–Trinajstić information content (AvgIpc) is 2.53. The Morgan fingerprint density at radius 2 is 1.59 bits per heavy atom. The number of carbonyl (C=O) groups excluding carboxylic acids is 1. The summed E-state index contributed by atoms with van der Waals surface area (Å²) < 4.78 is 38.6. The molecule has 146 valence electrons. The van der Waals surface area contributed by atoms with E-state index in [1.807, 2.05) is 0 Å². The molecule has 0 aliphatic heterocycles. The highest BCUT2D eigenvalue weighted by Crippen LogP contribution is 2.28. The predicted octanol–water partition coefficient (Wildman–Crippen LogP) is 4.16. The van der Waals surface area contributed by atoms with Gasteiger partial charge in [-0.25, -0.2) is 12.8 Å². The number of nitrogens with zero attached hydrogens (tertiary/aromatic N) is 1. The molecule has 0 radical (unpaired) electrons. The zero-order valence-electron chi connectivity index (χ0n) is 14.9. The number of hydrogen-bond donors (Lipinski definition) is 1. The van der Waals surface area contributed by atoms with Crippen LogP contribution in [-0.2, 0) is 14.8 Å². The number of amides is 1. The number of carbonyl (C=O) groups is 1. The van der Waals surface area contributed by atoms with Crippen molar-refractivity contribution >= 4 is 44.8 Å². The molecule has 27 heavy (non-hydrogen) atoms. The van der Waals surface area contributed by atoms with Crippen molar-refractivity contribution in [2.24, 2.45) is 0 Å². The van der Waals surface area contributed by atoms with Gasteiger partial charge in [-0.15, -0.1) is 0 Å². The maximum atomic E-state index is 13.0. The second kappa shape index (κ2) is 8.46. The summed E-state index contributed by atoms with van der Waals surface area (Å²) in [5.74, 6) is -0.903. The van der Waals surface area contributed by atoms with Gasteiger partial charge in [0.2, 0.25) is 15.9 Å². The molecular weight excluding hydrogens is 414 g/mol. The number of anilines is 1. The second-order valence-electron chi connectivity index (χ2n) is 6.14. The minimum absolute atomic E-state index is 0.187. The third-order valence-electron chi connectivity index (χ3n) is 3.92. The van der Waals surface area contributed by atoms with Crippen molar-refractivity contribution in [2.45, 2.75) is 25.9 Å². The molecule has 0 aromatic heterocycles. The van der Waals surface area contributed by atoms with Gasteiger partial charge in [-0.2, -0.15) is 0 Å². The Balaban J connectivity index is 2.28. The van der Waals surface area contributed by atoms with Gasteiger partial charge in [0.05, 0.1) is 18.0 Å². The number of nitrogens with one attached hydrogen (secondary N) is 1. The lowest BCUT2D eigenvalue weighted by molar-refractivity contribution is -0.122. The summed E-state index contributed by atoms with van der Waals surface area (Å²) >= 11 is 11.9. The van der Waals surface area contributed by atoms with Crippen LogP contribution in [0, 0.1) is 5.82 Å². The average molecular weight is 433 g/mol. The molecule has 0 bridgehead atoms. The van der Waals surface area contributed by atoms with E-state index in [4.69, 9.17) is 23.2 Å². The van der Waals surface area contributed by atoms with E-state index >= 15 is 0 Å². The summed E-state index contributed by atoms with van der Waals surface area (Å²) in [4.78, 5) is 12.7. The largest absolute Gasteiger partial charge is 0.348 e. The maximum Gasteiger partial charge on any atom is 0.244 e. The number of rotatable bonds is 6. The van der Waals surface area contributed by atoms with Crippen molar-refractivity contribution in [3.05, 3.63) is 63.9 Å². The first kappa shape index (κ1) is 21.5. The van der Waals surface area contributed by atoms with Crippen LogP contribution in [0.15, 0.2) is 42.5 Å². The summed E-state index contributed by atoms with van der Waals surface area (Å²) in [5.41, 5.74) is 0.876. The fourth-order valence-corrected chi connectivity index (χ4v) is 4.32. The Kier molecular flexibility index (Phi) is 6.72. The molecule has 2 rings (SSSR count). The van der Waals surface area contributed by atoms with E-state index in [1.165, 1.54) is 37.3 Å².